The summed E-state index contributed by atoms with van der Waals surface area (Å²) in [7, 11) is 0. The number of nitrogens with zero attached hydrogens (tertiary/aromatic N) is 4. The van der Waals surface area contributed by atoms with E-state index >= 15 is 0 Å². The maximum Gasteiger partial charge on any atom is 0.164 e. The van der Waals surface area contributed by atoms with Crippen molar-refractivity contribution in [3.05, 3.63) is 182 Å². The first-order valence-corrected chi connectivity index (χ1v) is 16.6. The lowest BCUT2D eigenvalue weighted by Crippen LogP contribution is -2.02. The fourth-order valence-corrected chi connectivity index (χ4v) is 6.73. The number of hydrogen-bond donors (Lipinski definition) is 0. The van der Waals surface area contributed by atoms with Crippen molar-refractivity contribution < 1.29 is 4.39 Å². The van der Waals surface area contributed by atoms with E-state index in [4.69, 9.17) is 15.0 Å². The van der Waals surface area contributed by atoms with Crippen LogP contribution in [0.3, 0.4) is 0 Å². The average molecular weight is 645 g/mol. The van der Waals surface area contributed by atoms with Crippen LogP contribution in [0.25, 0.3) is 83.9 Å². The van der Waals surface area contributed by atoms with Gasteiger partial charge in [0.15, 0.2) is 17.5 Å². The number of hydrogen-bond acceptors (Lipinski definition) is 3. The molecule has 0 aliphatic rings. The Balaban J connectivity index is 1.33. The summed E-state index contributed by atoms with van der Waals surface area (Å²) in [5.41, 5.74) is 9.54. The first-order chi connectivity index (χ1) is 24.7. The lowest BCUT2D eigenvalue weighted by atomic mass is 10.00. The first kappa shape index (κ1) is 29.4. The van der Waals surface area contributed by atoms with Gasteiger partial charge in [-0.05, 0) is 47.0 Å². The predicted molar refractivity (Wildman–Crippen MR) is 201 cm³/mol. The van der Waals surface area contributed by atoms with Crippen LogP contribution in [0, 0.1) is 5.82 Å². The van der Waals surface area contributed by atoms with Crippen molar-refractivity contribution >= 4 is 21.8 Å². The molecule has 0 fully saturated rings. The Kier molecular flexibility index (Phi) is 7.29. The minimum Gasteiger partial charge on any atom is -0.309 e. The Morgan fingerprint density at radius 2 is 0.900 bits per heavy atom. The van der Waals surface area contributed by atoms with Gasteiger partial charge in [0.2, 0.25) is 0 Å². The van der Waals surface area contributed by atoms with Gasteiger partial charge < -0.3 is 4.57 Å². The number of para-hydroxylation sites is 1. The highest BCUT2D eigenvalue weighted by molar-refractivity contribution is 6.10. The molecule has 0 unspecified atom stereocenters. The molecule has 0 aliphatic heterocycles. The summed E-state index contributed by atoms with van der Waals surface area (Å²) in [5, 5.41) is 2.27. The predicted octanol–water partition coefficient (Wildman–Crippen LogP) is 11.4. The monoisotopic (exact) mass is 644 g/mol. The normalized spacial score (nSPS) is 11.3. The van der Waals surface area contributed by atoms with Crippen molar-refractivity contribution in [3.8, 4) is 62.1 Å². The van der Waals surface area contributed by atoms with E-state index in [-0.39, 0.29) is 5.82 Å². The molecule has 0 saturated carbocycles. The van der Waals surface area contributed by atoms with Crippen LogP contribution in [0.1, 0.15) is 0 Å². The van der Waals surface area contributed by atoms with E-state index in [1.54, 1.807) is 12.1 Å². The molecule has 4 nitrogen and oxygen atoms in total. The molecule has 9 rings (SSSR count). The van der Waals surface area contributed by atoms with Gasteiger partial charge >= 0.3 is 0 Å². The van der Waals surface area contributed by atoms with Gasteiger partial charge in [-0.2, -0.15) is 0 Å². The number of benzene rings is 7. The van der Waals surface area contributed by atoms with Crippen molar-refractivity contribution in [2.24, 2.45) is 0 Å². The Hall–Kier alpha value is -6.72. The van der Waals surface area contributed by atoms with E-state index in [2.05, 4.69) is 83.4 Å². The van der Waals surface area contributed by atoms with Gasteiger partial charge in [0, 0.05) is 33.0 Å². The Morgan fingerprint density at radius 3 is 1.56 bits per heavy atom. The molecule has 0 spiro atoms. The standard InChI is InChI=1S/C45H29FN4/c46-36-20-12-19-34(27-36)37-25-24-35(45-48-43(31-15-6-2-7-16-31)47-44(49-45)32-17-8-3-9-18-32)29-41(37)50-40-22-11-10-21-38(40)39-26-23-33(28-42(39)50)30-13-4-1-5-14-30/h1-29H. The number of rotatable bonds is 6. The molecule has 2 heterocycles. The highest BCUT2D eigenvalue weighted by Gasteiger charge is 2.19. The van der Waals surface area contributed by atoms with Gasteiger partial charge in [-0.1, -0.05) is 146 Å². The Labute approximate surface area is 288 Å². The van der Waals surface area contributed by atoms with E-state index in [1.807, 2.05) is 78.9 Å². The van der Waals surface area contributed by atoms with Gasteiger partial charge in [0.05, 0.1) is 16.7 Å². The molecular weight excluding hydrogens is 616 g/mol. The van der Waals surface area contributed by atoms with Crippen LogP contribution in [0.4, 0.5) is 4.39 Å². The second kappa shape index (κ2) is 12.4. The van der Waals surface area contributed by atoms with Crippen molar-refractivity contribution in [1.82, 2.24) is 19.5 Å². The van der Waals surface area contributed by atoms with E-state index in [0.29, 0.717) is 17.5 Å². The van der Waals surface area contributed by atoms with Gasteiger partial charge in [0.1, 0.15) is 5.82 Å². The molecule has 0 bridgehead atoms. The highest BCUT2D eigenvalue weighted by Crippen LogP contribution is 2.39. The topological polar surface area (TPSA) is 43.6 Å². The van der Waals surface area contributed by atoms with E-state index in [0.717, 1.165) is 66.4 Å². The second-order valence-electron chi connectivity index (χ2n) is 12.2. The summed E-state index contributed by atoms with van der Waals surface area (Å²) in [6, 6.07) is 58.4. The zero-order valence-corrected chi connectivity index (χ0v) is 26.9. The van der Waals surface area contributed by atoms with E-state index < -0.39 is 0 Å². The van der Waals surface area contributed by atoms with Crippen LogP contribution in [0.2, 0.25) is 0 Å². The SMILES string of the molecule is Fc1cccc(-c2ccc(-c3nc(-c4ccccc4)nc(-c4ccccc4)n3)cc2-n2c3ccccc3c3ccc(-c4ccccc4)cc32)c1. The average Bonchev–Trinajstić information content (AvgIpc) is 3.52. The fraction of sp³-hybridized carbons (Fsp3) is 0. The summed E-state index contributed by atoms with van der Waals surface area (Å²) in [6.45, 7) is 0. The van der Waals surface area contributed by atoms with Crippen LogP contribution in [-0.2, 0) is 0 Å². The fourth-order valence-electron chi connectivity index (χ4n) is 6.73. The molecule has 0 amide bonds. The van der Waals surface area contributed by atoms with Crippen molar-refractivity contribution in [3.63, 3.8) is 0 Å². The summed E-state index contributed by atoms with van der Waals surface area (Å²) in [4.78, 5) is 14.9. The third-order valence-corrected chi connectivity index (χ3v) is 9.11. The molecule has 0 saturated heterocycles. The quantitative estimate of drug-likeness (QED) is 0.181. The number of fused-ring (bicyclic) bond motifs is 3. The molecule has 0 radical (unpaired) electrons. The number of halogens is 1. The molecule has 0 aliphatic carbocycles. The summed E-state index contributed by atoms with van der Waals surface area (Å²) >= 11 is 0. The van der Waals surface area contributed by atoms with Crippen molar-refractivity contribution in [2.45, 2.75) is 0 Å². The van der Waals surface area contributed by atoms with Gasteiger partial charge in [-0.3, -0.25) is 0 Å². The van der Waals surface area contributed by atoms with Crippen LogP contribution < -0.4 is 0 Å². The van der Waals surface area contributed by atoms with Crippen LogP contribution in [-0.4, -0.2) is 19.5 Å². The summed E-state index contributed by atoms with van der Waals surface area (Å²) in [5.74, 6) is 1.45. The van der Waals surface area contributed by atoms with E-state index in [1.165, 1.54) is 6.07 Å². The lowest BCUT2D eigenvalue weighted by Gasteiger charge is -2.17. The van der Waals surface area contributed by atoms with E-state index in [9.17, 15) is 4.39 Å². The molecular formula is C45H29FN4. The number of aromatic nitrogens is 4. The molecule has 0 atom stereocenters. The third-order valence-electron chi connectivity index (χ3n) is 9.11. The molecule has 9 aromatic rings. The zero-order chi connectivity index (χ0) is 33.4. The molecule has 236 valence electrons. The largest absolute Gasteiger partial charge is 0.309 e. The van der Waals surface area contributed by atoms with Crippen LogP contribution in [0.5, 0.6) is 0 Å². The third kappa shape index (κ3) is 5.31. The summed E-state index contributed by atoms with van der Waals surface area (Å²) in [6.07, 6.45) is 0. The van der Waals surface area contributed by atoms with Crippen LogP contribution >= 0.6 is 0 Å². The Bertz CT molecular complexity index is 2590. The van der Waals surface area contributed by atoms with Gasteiger partial charge in [0.25, 0.3) is 0 Å². The minimum atomic E-state index is -0.288. The highest BCUT2D eigenvalue weighted by atomic mass is 19.1. The lowest BCUT2D eigenvalue weighted by molar-refractivity contribution is 0.628. The summed E-state index contributed by atoms with van der Waals surface area (Å²) < 4.78 is 17.1. The molecule has 50 heavy (non-hydrogen) atoms. The maximum absolute atomic E-state index is 14.8. The first-order valence-electron chi connectivity index (χ1n) is 16.6. The zero-order valence-electron chi connectivity index (χ0n) is 26.9. The van der Waals surface area contributed by atoms with Gasteiger partial charge in [-0.15, -0.1) is 0 Å². The smallest absolute Gasteiger partial charge is 0.164 e. The molecule has 2 aromatic heterocycles. The Morgan fingerprint density at radius 1 is 0.360 bits per heavy atom. The molecule has 0 N–H and O–H groups in total. The molecule has 7 aromatic carbocycles. The second-order valence-corrected chi connectivity index (χ2v) is 12.2. The molecule has 5 heteroatoms. The van der Waals surface area contributed by atoms with Gasteiger partial charge in [-0.25, -0.2) is 19.3 Å². The maximum atomic E-state index is 14.8. The van der Waals surface area contributed by atoms with Crippen molar-refractivity contribution in [1.29, 1.82) is 0 Å². The van der Waals surface area contributed by atoms with Crippen LogP contribution in [0.15, 0.2) is 176 Å². The van der Waals surface area contributed by atoms with Crippen molar-refractivity contribution in [2.75, 3.05) is 0 Å². The minimum absolute atomic E-state index is 0.288.